The third-order valence-corrected chi connectivity index (χ3v) is 5.90. The number of primary amides is 1. The number of pyridine rings is 1. The van der Waals surface area contributed by atoms with Gasteiger partial charge in [-0.15, -0.1) is 0 Å². The summed E-state index contributed by atoms with van der Waals surface area (Å²) >= 11 is 0. The van der Waals surface area contributed by atoms with Crippen molar-refractivity contribution in [1.29, 1.82) is 0 Å². The van der Waals surface area contributed by atoms with Gasteiger partial charge in [-0.1, -0.05) is 12.6 Å². The number of rotatable bonds is 6. The summed E-state index contributed by atoms with van der Waals surface area (Å²) < 4.78 is 37.5. The molecular weight excluding hydrogens is 428 g/mol. The number of hydrogen-bond acceptors (Lipinski definition) is 5. The van der Waals surface area contributed by atoms with Crippen LogP contribution in [0.3, 0.4) is 0 Å². The van der Waals surface area contributed by atoms with E-state index in [-0.39, 0.29) is 13.1 Å². The first-order valence-electron chi connectivity index (χ1n) is 10.3. The van der Waals surface area contributed by atoms with Crippen LogP contribution >= 0.6 is 0 Å². The van der Waals surface area contributed by atoms with E-state index in [1.54, 1.807) is 18.3 Å². The molecule has 8 heteroatoms. The van der Waals surface area contributed by atoms with Crippen molar-refractivity contribution >= 4 is 33.5 Å². The highest BCUT2D eigenvalue weighted by atomic mass is 19.3. The lowest BCUT2D eigenvalue weighted by atomic mass is 9.98. The number of nitrogens with two attached hydrogens (primary N) is 1. The fourth-order valence-electron chi connectivity index (χ4n) is 4.17. The van der Waals surface area contributed by atoms with Gasteiger partial charge in [0.15, 0.2) is 5.76 Å². The Bertz CT molecular complexity index is 1420. The topological polar surface area (TPSA) is 81.6 Å². The molecule has 0 radical (unpaired) electrons. The first kappa shape index (κ1) is 20.9. The van der Waals surface area contributed by atoms with Crippen LogP contribution in [0.4, 0.5) is 8.78 Å². The lowest BCUT2D eigenvalue weighted by Crippen LogP contribution is -2.54. The fourth-order valence-corrected chi connectivity index (χ4v) is 4.17. The summed E-state index contributed by atoms with van der Waals surface area (Å²) in [4.78, 5) is 17.8. The van der Waals surface area contributed by atoms with Crippen molar-refractivity contribution in [1.82, 2.24) is 9.88 Å². The summed E-state index contributed by atoms with van der Waals surface area (Å²) in [5.41, 5.74) is 9.61. The average Bonchev–Trinajstić information content (AvgIpc) is 3.19. The molecule has 0 atom stereocenters. The van der Waals surface area contributed by atoms with Gasteiger partial charge in [0.2, 0.25) is 0 Å². The largest absolute Gasteiger partial charge is 0.496 e. The summed E-state index contributed by atoms with van der Waals surface area (Å²) in [6, 6.07) is 12.9. The molecule has 0 aliphatic carbocycles. The Hall–Kier alpha value is -3.94. The number of furan rings is 1. The van der Waals surface area contributed by atoms with Gasteiger partial charge in [0.1, 0.15) is 11.3 Å². The molecule has 2 N–H and O–H groups in total. The van der Waals surface area contributed by atoms with Gasteiger partial charge in [0, 0.05) is 23.0 Å². The van der Waals surface area contributed by atoms with Crippen LogP contribution < -0.4 is 10.5 Å². The van der Waals surface area contributed by atoms with E-state index in [0.29, 0.717) is 40.3 Å². The SMILES string of the molecule is C=C(c1cc2cc(Cc3ccnc4cc(OC)c(C(N)=O)cc34)ccc2o1)N1CC(F)(F)C1. The van der Waals surface area contributed by atoms with E-state index in [4.69, 9.17) is 14.9 Å². The van der Waals surface area contributed by atoms with Crippen LogP contribution in [0, 0.1) is 0 Å². The number of carbonyl (C=O) groups excluding carboxylic acids is 1. The molecule has 0 bridgehead atoms. The number of fused-ring (bicyclic) bond motifs is 2. The molecule has 168 valence electrons. The standard InChI is InChI=1S/C25H21F2N3O3/c1-14(30-12-25(26,27)13-30)22-9-17-8-15(3-4-21(17)33-22)7-16-5-6-29-20-11-23(32-2)19(24(28)31)10-18(16)20/h3-6,8-11H,1,7,12-13H2,2H3,(H2,28,31). The Morgan fingerprint density at radius 1 is 1.24 bits per heavy atom. The van der Waals surface area contributed by atoms with Crippen LogP contribution in [0.15, 0.2) is 59.7 Å². The monoisotopic (exact) mass is 449 g/mol. The normalized spacial score (nSPS) is 14.9. The highest BCUT2D eigenvalue weighted by Crippen LogP contribution is 2.35. The van der Waals surface area contributed by atoms with Crippen molar-refractivity contribution in [2.75, 3.05) is 20.2 Å². The molecule has 3 heterocycles. The number of aromatic nitrogens is 1. The van der Waals surface area contributed by atoms with Crippen LogP contribution in [0.1, 0.15) is 27.2 Å². The Morgan fingerprint density at radius 3 is 2.73 bits per heavy atom. The van der Waals surface area contributed by atoms with Gasteiger partial charge >= 0.3 is 0 Å². The molecular formula is C25H21F2N3O3. The Morgan fingerprint density at radius 2 is 2.03 bits per heavy atom. The minimum atomic E-state index is -2.67. The summed E-state index contributed by atoms with van der Waals surface area (Å²) in [5, 5.41) is 1.67. The minimum absolute atomic E-state index is 0.296. The Kier molecular flexibility index (Phi) is 4.81. The number of halogens is 2. The highest BCUT2D eigenvalue weighted by molar-refractivity contribution is 6.00. The average molecular weight is 449 g/mol. The van der Waals surface area contributed by atoms with Crippen molar-refractivity contribution in [3.8, 4) is 5.75 Å². The molecule has 1 fully saturated rings. The molecule has 5 rings (SSSR count). The van der Waals surface area contributed by atoms with Crippen LogP contribution in [-0.4, -0.2) is 41.9 Å². The second kappa shape index (κ2) is 7.58. The van der Waals surface area contributed by atoms with Crippen molar-refractivity contribution in [3.05, 3.63) is 77.7 Å². The maximum atomic E-state index is 13.2. The molecule has 2 aromatic heterocycles. The van der Waals surface area contributed by atoms with Gasteiger partial charge < -0.3 is 19.8 Å². The third kappa shape index (κ3) is 3.77. The van der Waals surface area contributed by atoms with E-state index in [0.717, 1.165) is 21.9 Å². The first-order valence-corrected chi connectivity index (χ1v) is 10.3. The number of benzene rings is 2. The smallest absolute Gasteiger partial charge is 0.282 e. The zero-order chi connectivity index (χ0) is 23.3. The van der Waals surface area contributed by atoms with Crippen LogP contribution in [-0.2, 0) is 6.42 Å². The van der Waals surface area contributed by atoms with E-state index in [1.165, 1.54) is 12.0 Å². The zero-order valence-corrected chi connectivity index (χ0v) is 17.9. The van der Waals surface area contributed by atoms with Crippen molar-refractivity contribution in [3.63, 3.8) is 0 Å². The van der Waals surface area contributed by atoms with E-state index < -0.39 is 11.8 Å². The maximum absolute atomic E-state index is 13.2. The van der Waals surface area contributed by atoms with Gasteiger partial charge in [-0.3, -0.25) is 9.78 Å². The number of methoxy groups -OCH3 is 1. The van der Waals surface area contributed by atoms with E-state index in [2.05, 4.69) is 11.6 Å². The number of amides is 1. The van der Waals surface area contributed by atoms with Crippen molar-refractivity contribution < 1.29 is 22.7 Å². The number of likely N-dealkylation sites (tertiary alicyclic amines) is 1. The molecule has 1 aliphatic heterocycles. The molecule has 1 aliphatic rings. The van der Waals surface area contributed by atoms with Crippen LogP contribution in [0.25, 0.3) is 27.6 Å². The minimum Gasteiger partial charge on any atom is -0.496 e. The fraction of sp³-hybridized carbons (Fsp3) is 0.200. The maximum Gasteiger partial charge on any atom is 0.282 e. The van der Waals surface area contributed by atoms with Gasteiger partial charge in [-0.25, -0.2) is 8.78 Å². The van der Waals surface area contributed by atoms with Crippen molar-refractivity contribution in [2.24, 2.45) is 5.73 Å². The quantitative estimate of drug-likeness (QED) is 0.465. The Labute approximate surface area is 188 Å². The highest BCUT2D eigenvalue weighted by Gasteiger charge is 2.45. The van der Waals surface area contributed by atoms with E-state index in [9.17, 15) is 13.6 Å². The first-order chi connectivity index (χ1) is 15.7. The molecule has 1 amide bonds. The molecule has 0 saturated carbocycles. The molecule has 0 unspecified atom stereocenters. The number of hydrogen-bond donors (Lipinski definition) is 1. The summed E-state index contributed by atoms with van der Waals surface area (Å²) in [6.45, 7) is 3.22. The predicted octanol–water partition coefficient (Wildman–Crippen LogP) is 4.60. The molecule has 2 aromatic carbocycles. The number of ether oxygens (including phenoxy) is 1. The van der Waals surface area contributed by atoms with Gasteiger partial charge in [0.25, 0.3) is 11.8 Å². The van der Waals surface area contributed by atoms with Crippen LogP contribution in [0.2, 0.25) is 0 Å². The van der Waals surface area contributed by atoms with E-state index >= 15 is 0 Å². The summed E-state index contributed by atoms with van der Waals surface area (Å²) in [6.07, 6.45) is 2.29. The second-order valence-corrected chi connectivity index (χ2v) is 8.22. The molecule has 1 saturated heterocycles. The number of alkyl halides is 2. The second-order valence-electron chi connectivity index (χ2n) is 8.22. The molecule has 6 nitrogen and oxygen atoms in total. The van der Waals surface area contributed by atoms with Gasteiger partial charge in [0.05, 0.1) is 37.0 Å². The number of nitrogens with zero attached hydrogens (tertiary/aromatic N) is 2. The summed E-state index contributed by atoms with van der Waals surface area (Å²) in [5.74, 6) is -2.39. The van der Waals surface area contributed by atoms with Gasteiger partial charge in [-0.2, -0.15) is 0 Å². The van der Waals surface area contributed by atoms with Crippen LogP contribution in [0.5, 0.6) is 5.75 Å². The zero-order valence-electron chi connectivity index (χ0n) is 17.9. The lowest BCUT2D eigenvalue weighted by molar-refractivity contribution is -0.106. The Balaban J connectivity index is 1.46. The molecule has 0 spiro atoms. The summed E-state index contributed by atoms with van der Waals surface area (Å²) in [7, 11) is 1.48. The third-order valence-electron chi connectivity index (χ3n) is 5.90. The van der Waals surface area contributed by atoms with Crippen molar-refractivity contribution in [2.45, 2.75) is 12.3 Å². The van der Waals surface area contributed by atoms with Gasteiger partial charge in [-0.05, 0) is 47.9 Å². The molecule has 4 aromatic rings. The predicted molar refractivity (Wildman–Crippen MR) is 121 cm³/mol. The lowest BCUT2D eigenvalue weighted by Gasteiger charge is -2.40. The molecule has 33 heavy (non-hydrogen) atoms. The number of carbonyl (C=O) groups is 1. The van der Waals surface area contributed by atoms with E-state index in [1.807, 2.05) is 30.3 Å².